The van der Waals surface area contributed by atoms with Crippen molar-refractivity contribution >= 4 is 21.6 Å². The Morgan fingerprint density at radius 1 is 1.10 bits per heavy atom. The summed E-state index contributed by atoms with van der Waals surface area (Å²) in [6.07, 6.45) is 0.193. The van der Waals surface area contributed by atoms with Gasteiger partial charge in [0.1, 0.15) is 0 Å². The number of aliphatic hydroxyl groups excluding tert-OH is 1. The van der Waals surface area contributed by atoms with Crippen molar-refractivity contribution in [3.63, 3.8) is 0 Å². The first-order valence-electron chi connectivity index (χ1n) is 8.84. The molecule has 3 N–H and O–H groups in total. The Bertz CT molecular complexity index is 1020. The van der Waals surface area contributed by atoms with E-state index in [0.717, 1.165) is 12.1 Å². The van der Waals surface area contributed by atoms with Gasteiger partial charge in [0, 0.05) is 30.4 Å². The normalized spacial score (nSPS) is 17.1. The molecule has 1 heterocycles. The van der Waals surface area contributed by atoms with Gasteiger partial charge in [-0.25, -0.2) is 17.2 Å². The highest BCUT2D eigenvalue weighted by atomic mass is 32.2. The van der Waals surface area contributed by atoms with Gasteiger partial charge in [-0.1, -0.05) is 6.07 Å². The van der Waals surface area contributed by atoms with E-state index in [0.29, 0.717) is 0 Å². The summed E-state index contributed by atoms with van der Waals surface area (Å²) in [6, 6.07) is 8.22. The lowest BCUT2D eigenvalue weighted by molar-refractivity contribution is -0.0480. The van der Waals surface area contributed by atoms with Gasteiger partial charge < -0.3 is 15.5 Å². The summed E-state index contributed by atoms with van der Waals surface area (Å²) < 4.78 is 53.2. The van der Waals surface area contributed by atoms with Crippen LogP contribution in [-0.4, -0.2) is 54.1 Å². The molecule has 0 unspecified atom stereocenters. The zero-order chi connectivity index (χ0) is 21.2. The van der Waals surface area contributed by atoms with Gasteiger partial charge in [-0.05, 0) is 43.2 Å². The van der Waals surface area contributed by atoms with Crippen LogP contribution in [0.5, 0.6) is 0 Å². The minimum absolute atomic E-state index is 0.0275. The highest BCUT2D eigenvalue weighted by molar-refractivity contribution is 7.89. The van der Waals surface area contributed by atoms with Gasteiger partial charge in [0.05, 0.1) is 17.1 Å². The topological polar surface area (TPSA) is 107 Å². The number of nitrogens with zero attached hydrogens (tertiary/aromatic N) is 1. The average Bonchev–Trinajstić information content (AvgIpc) is 2.71. The van der Waals surface area contributed by atoms with Crippen molar-refractivity contribution in [2.75, 3.05) is 25.0 Å². The van der Waals surface area contributed by atoms with E-state index in [1.54, 1.807) is 0 Å². The van der Waals surface area contributed by atoms with Crippen LogP contribution in [0.4, 0.5) is 14.5 Å². The molecule has 156 valence electrons. The number of carbonyl (C=O) groups excluding carboxylic acids is 1. The zero-order valence-corrected chi connectivity index (χ0v) is 16.1. The molecule has 10 heteroatoms. The van der Waals surface area contributed by atoms with Crippen molar-refractivity contribution in [1.82, 2.24) is 4.31 Å². The maximum atomic E-state index is 13.3. The van der Waals surface area contributed by atoms with E-state index in [1.807, 2.05) is 0 Å². The van der Waals surface area contributed by atoms with Crippen LogP contribution in [0.25, 0.3) is 0 Å². The summed E-state index contributed by atoms with van der Waals surface area (Å²) in [5.74, 6) is -2.85. The Balaban J connectivity index is 1.78. The first kappa shape index (κ1) is 21.3. The molecule has 0 bridgehead atoms. The molecule has 0 spiro atoms. The average molecular weight is 426 g/mol. The Labute approximate surface area is 166 Å². The van der Waals surface area contributed by atoms with Crippen molar-refractivity contribution in [2.45, 2.75) is 23.3 Å². The van der Waals surface area contributed by atoms with Crippen molar-refractivity contribution in [1.29, 1.82) is 0 Å². The van der Waals surface area contributed by atoms with Crippen LogP contribution in [0.15, 0.2) is 47.4 Å². The molecule has 7 nitrogen and oxygen atoms in total. The van der Waals surface area contributed by atoms with Crippen LogP contribution < -0.4 is 5.32 Å². The van der Waals surface area contributed by atoms with Crippen molar-refractivity contribution in [3.05, 3.63) is 59.7 Å². The molecular weight excluding hydrogens is 406 g/mol. The number of carbonyl (C=O) groups is 1. The predicted octanol–water partition coefficient (Wildman–Crippen LogP) is 1.73. The number of anilines is 1. The first-order chi connectivity index (χ1) is 13.6. The summed E-state index contributed by atoms with van der Waals surface area (Å²) in [6.45, 7) is -0.379. The summed E-state index contributed by atoms with van der Waals surface area (Å²) in [7, 11) is -3.91. The number of hydrogen-bond acceptors (Lipinski definition) is 5. The molecule has 1 saturated heterocycles. The molecule has 1 aliphatic rings. The first-order valence-corrected chi connectivity index (χ1v) is 10.3. The third-order valence-corrected chi connectivity index (χ3v) is 6.75. The molecule has 1 fully saturated rings. The lowest BCUT2D eigenvalue weighted by Gasteiger charge is -2.36. The maximum absolute atomic E-state index is 13.3. The highest BCUT2D eigenvalue weighted by Gasteiger charge is 2.36. The number of piperidine rings is 1. The van der Waals surface area contributed by atoms with Crippen LogP contribution in [0.3, 0.4) is 0 Å². The third kappa shape index (κ3) is 4.61. The molecular formula is C19H20F2N2O5S. The smallest absolute Gasteiger partial charge is 0.255 e. The number of aliphatic hydroxyl groups is 2. The van der Waals surface area contributed by atoms with Gasteiger partial charge in [-0.3, -0.25) is 4.79 Å². The zero-order valence-electron chi connectivity index (χ0n) is 15.3. The molecule has 1 aliphatic heterocycles. The fraction of sp³-hybridized carbons (Fsp3) is 0.316. The van der Waals surface area contributed by atoms with Crippen molar-refractivity contribution < 1.29 is 32.2 Å². The SMILES string of the molecule is O=C(Nc1ccc(F)c(F)c1)c1cccc(S(=O)(=O)N2CCC(O)(CO)CC2)c1. The lowest BCUT2D eigenvalue weighted by Crippen LogP contribution is -2.48. The summed E-state index contributed by atoms with van der Waals surface area (Å²) in [5, 5.41) is 21.6. The van der Waals surface area contributed by atoms with Gasteiger partial charge in [-0.2, -0.15) is 4.31 Å². The Morgan fingerprint density at radius 3 is 2.41 bits per heavy atom. The highest BCUT2D eigenvalue weighted by Crippen LogP contribution is 2.27. The van der Waals surface area contributed by atoms with E-state index in [-0.39, 0.29) is 42.1 Å². The van der Waals surface area contributed by atoms with E-state index < -0.39 is 39.8 Å². The van der Waals surface area contributed by atoms with Crippen LogP contribution in [-0.2, 0) is 10.0 Å². The molecule has 2 aromatic rings. The minimum atomic E-state index is -3.91. The molecule has 0 saturated carbocycles. The van der Waals surface area contributed by atoms with E-state index in [1.165, 1.54) is 34.6 Å². The monoisotopic (exact) mass is 426 g/mol. The predicted molar refractivity (Wildman–Crippen MR) is 101 cm³/mol. The number of nitrogens with one attached hydrogen (secondary N) is 1. The molecule has 3 rings (SSSR count). The van der Waals surface area contributed by atoms with E-state index in [4.69, 9.17) is 0 Å². The van der Waals surface area contributed by atoms with Gasteiger partial charge >= 0.3 is 0 Å². The Hall–Kier alpha value is -2.40. The largest absolute Gasteiger partial charge is 0.393 e. The lowest BCUT2D eigenvalue weighted by atomic mass is 9.94. The number of benzene rings is 2. The maximum Gasteiger partial charge on any atom is 0.255 e. The van der Waals surface area contributed by atoms with Gasteiger partial charge in [0.25, 0.3) is 5.91 Å². The second kappa shape index (κ2) is 8.15. The number of rotatable bonds is 5. The number of halogens is 2. The quantitative estimate of drug-likeness (QED) is 0.675. The molecule has 0 radical (unpaired) electrons. The molecule has 0 atom stereocenters. The Morgan fingerprint density at radius 2 is 1.79 bits per heavy atom. The van der Waals surface area contributed by atoms with Gasteiger partial charge in [0.15, 0.2) is 11.6 Å². The van der Waals surface area contributed by atoms with Crippen molar-refractivity contribution in [3.8, 4) is 0 Å². The van der Waals surface area contributed by atoms with Crippen molar-refractivity contribution in [2.24, 2.45) is 0 Å². The Kier molecular flexibility index (Phi) is 5.99. The molecule has 2 aromatic carbocycles. The summed E-state index contributed by atoms with van der Waals surface area (Å²) in [4.78, 5) is 12.3. The number of sulfonamides is 1. The second-order valence-corrected chi connectivity index (χ2v) is 8.84. The van der Waals surface area contributed by atoms with Gasteiger partial charge in [-0.15, -0.1) is 0 Å². The van der Waals surface area contributed by atoms with Gasteiger partial charge in [0.2, 0.25) is 10.0 Å². The van der Waals surface area contributed by atoms with Crippen LogP contribution >= 0.6 is 0 Å². The van der Waals surface area contributed by atoms with E-state index in [2.05, 4.69) is 5.32 Å². The fourth-order valence-electron chi connectivity index (χ4n) is 3.02. The number of amides is 1. The summed E-state index contributed by atoms with van der Waals surface area (Å²) >= 11 is 0. The van der Waals surface area contributed by atoms with Crippen LogP contribution in [0.1, 0.15) is 23.2 Å². The third-order valence-electron chi connectivity index (χ3n) is 4.86. The van der Waals surface area contributed by atoms with E-state index in [9.17, 15) is 32.2 Å². The minimum Gasteiger partial charge on any atom is -0.393 e. The molecule has 0 aromatic heterocycles. The second-order valence-electron chi connectivity index (χ2n) is 6.90. The number of hydrogen-bond donors (Lipinski definition) is 3. The van der Waals surface area contributed by atoms with Crippen LogP contribution in [0, 0.1) is 11.6 Å². The van der Waals surface area contributed by atoms with E-state index >= 15 is 0 Å². The molecule has 29 heavy (non-hydrogen) atoms. The fourth-order valence-corrected chi connectivity index (χ4v) is 4.51. The standard InChI is InChI=1S/C19H20F2N2O5S/c20-16-5-4-14(11-17(16)21)22-18(25)13-2-1-3-15(10-13)29(27,28)23-8-6-19(26,12-24)7-9-23/h1-5,10-11,24,26H,6-9,12H2,(H,22,25). The molecule has 0 aliphatic carbocycles. The summed E-state index contributed by atoms with van der Waals surface area (Å²) in [5.41, 5.74) is -1.24. The molecule has 1 amide bonds. The van der Waals surface area contributed by atoms with Crippen LogP contribution in [0.2, 0.25) is 0 Å².